The summed E-state index contributed by atoms with van der Waals surface area (Å²) < 4.78 is 41.9. The summed E-state index contributed by atoms with van der Waals surface area (Å²) in [6, 6.07) is 7.77. The first-order chi connectivity index (χ1) is 15.2. The van der Waals surface area contributed by atoms with Gasteiger partial charge in [0.1, 0.15) is 16.8 Å². The third kappa shape index (κ3) is 5.89. The van der Waals surface area contributed by atoms with E-state index in [2.05, 4.69) is 4.72 Å². The maximum absolute atomic E-state index is 14.0. The Kier molecular flexibility index (Phi) is 8.32. The topological polar surface area (TPSA) is 86.8 Å². The maximum Gasteiger partial charge on any atom is 0.264 e. The predicted octanol–water partition coefficient (Wildman–Crippen LogP) is 2.58. The zero-order chi connectivity index (χ0) is 23.3. The molecule has 1 N–H and O–H groups in total. The number of aryl methyl sites for hydroxylation is 1. The first kappa shape index (κ1) is 24.7. The maximum atomic E-state index is 14.0. The lowest BCUT2D eigenvalue weighted by Gasteiger charge is -2.36. The molecule has 1 aromatic carbocycles. The van der Waals surface area contributed by atoms with Gasteiger partial charge in [0, 0.05) is 31.1 Å². The van der Waals surface area contributed by atoms with Crippen molar-refractivity contribution in [2.24, 2.45) is 0 Å². The molecule has 1 atom stereocenters. The number of thioether (sulfide) groups is 1. The van der Waals surface area contributed by atoms with E-state index in [4.69, 9.17) is 0 Å². The first-order valence-electron chi connectivity index (χ1n) is 10.1. The molecule has 0 radical (unpaired) electrons. The second-order valence-corrected chi connectivity index (χ2v) is 11.4. The van der Waals surface area contributed by atoms with Crippen LogP contribution < -0.4 is 4.72 Å². The number of hydrogen-bond acceptors (Lipinski definition) is 6. The fraction of sp³-hybridized carbons (Fsp3) is 0.429. The van der Waals surface area contributed by atoms with Gasteiger partial charge in [0.2, 0.25) is 15.9 Å². The van der Waals surface area contributed by atoms with Gasteiger partial charge in [-0.25, -0.2) is 12.8 Å². The molecule has 2 heterocycles. The van der Waals surface area contributed by atoms with Gasteiger partial charge in [0.15, 0.2) is 0 Å². The number of thiophene rings is 1. The van der Waals surface area contributed by atoms with Crippen molar-refractivity contribution >= 4 is 44.9 Å². The summed E-state index contributed by atoms with van der Waals surface area (Å²) in [5.74, 6) is -0.730. The molecule has 3 rings (SSSR count). The fourth-order valence-corrected chi connectivity index (χ4v) is 6.05. The Morgan fingerprint density at radius 2 is 1.78 bits per heavy atom. The zero-order valence-electron chi connectivity index (χ0n) is 17.9. The Bertz CT molecular complexity index is 1070. The van der Waals surface area contributed by atoms with Gasteiger partial charge in [-0.3, -0.25) is 9.59 Å². The Hall–Kier alpha value is -1.95. The first-order valence-corrected chi connectivity index (χ1v) is 13.8. The van der Waals surface area contributed by atoms with Crippen LogP contribution in [-0.4, -0.2) is 74.3 Å². The largest absolute Gasteiger partial charge is 0.338 e. The minimum absolute atomic E-state index is 0.0608. The number of nitrogens with zero attached hydrogens (tertiary/aromatic N) is 2. The molecule has 1 fully saturated rings. The smallest absolute Gasteiger partial charge is 0.264 e. The lowest BCUT2D eigenvalue weighted by atomic mass is 10.2. The summed E-state index contributed by atoms with van der Waals surface area (Å²) in [7, 11) is -4.21. The summed E-state index contributed by atoms with van der Waals surface area (Å²) >= 11 is 2.93. The van der Waals surface area contributed by atoms with Gasteiger partial charge >= 0.3 is 0 Å². The average Bonchev–Trinajstić information content (AvgIpc) is 3.22. The van der Waals surface area contributed by atoms with Crippen LogP contribution in [-0.2, 0) is 14.8 Å². The fourth-order valence-electron chi connectivity index (χ4n) is 3.44. The molecule has 0 aliphatic carbocycles. The average molecular weight is 500 g/mol. The van der Waals surface area contributed by atoms with Crippen molar-refractivity contribution < 1.29 is 22.4 Å². The summed E-state index contributed by atoms with van der Waals surface area (Å²) in [5, 5.41) is 0. The third-order valence-corrected chi connectivity index (χ3v) is 8.30. The number of piperazine rings is 1. The van der Waals surface area contributed by atoms with Gasteiger partial charge in [0.05, 0.1) is 4.88 Å². The molecule has 1 aliphatic rings. The molecule has 0 spiro atoms. The number of nitrogens with one attached hydrogen (secondary N) is 1. The van der Waals surface area contributed by atoms with Crippen molar-refractivity contribution in [2.75, 3.05) is 38.2 Å². The second kappa shape index (κ2) is 10.8. The number of carbonyl (C=O) groups is 2. The standard InChI is InChI=1S/C21H26FN3O4S3/c1-15-7-8-18(31-15)21(27)25-12-10-24(11-13-25)20(26)17(9-14-30-2)23-32(28,29)19-6-4-3-5-16(19)22/h3-8,17,23H,9-14H2,1-2H3. The van der Waals surface area contributed by atoms with Crippen LogP contribution >= 0.6 is 23.1 Å². The van der Waals surface area contributed by atoms with E-state index < -0.39 is 26.8 Å². The summed E-state index contributed by atoms with van der Waals surface area (Å²) in [5.41, 5.74) is 0. The third-order valence-electron chi connectivity index (χ3n) is 5.16. The molecule has 1 aromatic heterocycles. The van der Waals surface area contributed by atoms with Crippen LogP contribution in [0.4, 0.5) is 4.39 Å². The summed E-state index contributed by atoms with van der Waals surface area (Å²) in [6.07, 6.45) is 2.14. The van der Waals surface area contributed by atoms with Crippen molar-refractivity contribution in [1.29, 1.82) is 0 Å². The minimum Gasteiger partial charge on any atom is -0.338 e. The van der Waals surface area contributed by atoms with E-state index in [9.17, 15) is 22.4 Å². The zero-order valence-corrected chi connectivity index (χ0v) is 20.4. The second-order valence-electron chi connectivity index (χ2n) is 7.41. The number of sulfonamides is 1. The van der Waals surface area contributed by atoms with Crippen molar-refractivity contribution in [2.45, 2.75) is 24.3 Å². The van der Waals surface area contributed by atoms with E-state index >= 15 is 0 Å². The van der Waals surface area contributed by atoms with Crippen molar-refractivity contribution in [3.8, 4) is 0 Å². The van der Waals surface area contributed by atoms with Crippen LogP contribution in [0.1, 0.15) is 21.0 Å². The highest BCUT2D eigenvalue weighted by molar-refractivity contribution is 7.98. The van der Waals surface area contributed by atoms with Crippen molar-refractivity contribution in [3.05, 3.63) is 52.0 Å². The van der Waals surface area contributed by atoms with Crippen LogP contribution in [0, 0.1) is 12.7 Å². The highest BCUT2D eigenvalue weighted by Crippen LogP contribution is 2.19. The molecular formula is C21H26FN3O4S3. The van der Waals surface area contributed by atoms with E-state index in [1.807, 2.05) is 19.2 Å². The molecule has 0 saturated carbocycles. The van der Waals surface area contributed by atoms with E-state index in [-0.39, 0.29) is 18.2 Å². The number of halogens is 1. The number of carbonyl (C=O) groups excluding carboxylic acids is 2. The van der Waals surface area contributed by atoms with Crippen LogP contribution in [0.25, 0.3) is 0 Å². The van der Waals surface area contributed by atoms with Crippen LogP contribution in [0.5, 0.6) is 0 Å². The lowest BCUT2D eigenvalue weighted by molar-refractivity contribution is -0.134. The van der Waals surface area contributed by atoms with Gasteiger partial charge in [-0.1, -0.05) is 12.1 Å². The molecule has 1 unspecified atom stereocenters. The van der Waals surface area contributed by atoms with E-state index in [0.717, 1.165) is 10.9 Å². The van der Waals surface area contributed by atoms with Gasteiger partial charge in [-0.2, -0.15) is 16.5 Å². The monoisotopic (exact) mass is 499 g/mol. The Labute approximate surface area is 196 Å². The Morgan fingerprint density at radius 1 is 1.12 bits per heavy atom. The van der Waals surface area contributed by atoms with Crippen LogP contribution in [0.15, 0.2) is 41.3 Å². The molecule has 0 bridgehead atoms. The van der Waals surface area contributed by atoms with Gasteiger partial charge in [0.25, 0.3) is 5.91 Å². The SMILES string of the molecule is CSCCC(NS(=O)(=O)c1ccccc1F)C(=O)N1CCN(C(=O)c2ccc(C)s2)CC1. The highest BCUT2D eigenvalue weighted by atomic mass is 32.2. The van der Waals surface area contributed by atoms with Crippen molar-refractivity contribution in [3.63, 3.8) is 0 Å². The van der Waals surface area contributed by atoms with Crippen molar-refractivity contribution in [1.82, 2.24) is 14.5 Å². The molecule has 11 heteroatoms. The van der Waals surface area contributed by atoms with Crippen LogP contribution in [0.3, 0.4) is 0 Å². The van der Waals surface area contributed by atoms with Gasteiger partial charge < -0.3 is 9.80 Å². The van der Waals surface area contributed by atoms with Crippen LogP contribution in [0.2, 0.25) is 0 Å². The molecule has 1 aliphatic heterocycles. The molecule has 7 nitrogen and oxygen atoms in total. The molecule has 174 valence electrons. The Morgan fingerprint density at radius 3 is 2.38 bits per heavy atom. The summed E-state index contributed by atoms with van der Waals surface area (Å²) in [6.45, 7) is 3.31. The minimum atomic E-state index is -4.21. The van der Waals surface area contributed by atoms with E-state index in [0.29, 0.717) is 36.8 Å². The molecular weight excluding hydrogens is 473 g/mol. The lowest BCUT2D eigenvalue weighted by Crippen LogP contribution is -2.55. The van der Waals surface area contributed by atoms with E-state index in [1.54, 1.807) is 15.9 Å². The van der Waals surface area contributed by atoms with Gasteiger partial charge in [-0.15, -0.1) is 11.3 Å². The number of benzene rings is 1. The van der Waals surface area contributed by atoms with E-state index in [1.165, 1.54) is 41.3 Å². The highest BCUT2D eigenvalue weighted by Gasteiger charge is 2.32. The molecule has 2 aromatic rings. The molecule has 1 saturated heterocycles. The number of amides is 2. The summed E-state index contributed by atoms with van der Waals surface area (Å²) in [4.78, 5) is 30.3. The molecule has 2 amide bonds. The Balaban J connectivity index is 1.67. The predicted molar refractivity (Wildman–Crippen MR) is 125 cm³/mol. The number of hydrogen-bond donors (Lipinski definition) is 1. The normalized spacial score (nSPS) is 15.6. The van der Waals surface area contributed by atoms with Gasteiger partial charge in [-0.05, 0) is 49.6 Å². The quantitative estimate of drug-likeness (QED) is 0.603. The molecule has 32 heavy (non-hydrogen) atoms. The number of rotatable bonds is 8.